The van der Waals surface area contributed by atoms with Crippen molar-refractivity contribution >= 4 is 5.71 Å². The van der Waals surface area contributed by atoms with E-state index in [9.17, 15) is 4.39 Å². The Labute approximate surface area is 81.1 Å². The van der Waals surface area contributed by atoms with E-state index in [1.165, 1.54) is 19.2 Å². The van der Waals surface area contributed by atoms with E-state index in [0.29, 0.717) is 24.3 Å². The molecule has 0 radical (unpaired) electrons. The molecule has 0 amide bonds. The maximum Gasteiger partial charge on any atom is 0.128 e. The summed E-state index contributed by atoms with van der Waals surface area (Å²) in [5, 5.41) is 3.84. The minimum Gasteiger partial charge on any atom is -0.492 e. The van der Waals surface area contributed by atoms with Crippen LogP contribution in [-0.2, 0) is 4.84 Å². The van der Waals surface area contributed by atoms with Crippen molar-refractivity contribution in [3.63, 3.8) is 0 Å². The van der Waals surface area contributed by atoms with Gasteiger partial charge in [-0.15, -0.1) is 0 Å². The van der Waals surface area contributed by atoms with Crippen molar-refractivity contribution < 1.29 is 14.0 Å². The molecular formula is C10H10FNO2. The molecule has 0 saturated heterocycles. The first-order chi connectivity index (χ1) is 6.81. The molecule has 1 aromatic carbocycles. The van der Waals surface area contributed by atoms with Crippen LogP contribution >= 0.6 is 0 Å². The quantitative estimate of drug-likeness (QED) is 0.641. The SMILES string of the molecule is CO/N=C1\CCOc2ccc(F)cc21. The summed E-state index contributed by atoms with van der Waals surface area (Å²) in [5.41, 5.74) is 1.41. The largest absolute Gasteiger partial charge is 0.492 e. The molecule has 1 aromatic rings. The van der Waals surface area contributed by atoms with E-state index in [1.54, 1.807) is 6.07 Å². The number of ether oxygens (including phenoxy) is 1. The molecule has 14 heavy (non-hydrogen) atoms. The zero-order chi connectivity index (χ0) is 9.97. The fourth-order valence-electron chi connectivity index (χ4n) is 1.45. The predicted molar refractivity (Wildman–Crippen MR) is 50.1 cm³/mol. The molecule has 74 valence electrons. The van der Waals surface area contributed by atoms with Gasteiger partial charge in [0.2, 0.25) is 0 Å². The Morgan fingerprint density at radius 2 is 2.36 bits per heavy atom. The number of nitrogens with zero attached hydrogens (tertiary/aromatic N) is 1. The Morgan fingerprint density at radius 1 is 1.50 bits per heavy atom. The first-order valence-electron chi connectivity index (χ1n) is 4.34. The van der Waals surface area contributed by atoms with Crippen molar-refractivity contribution in [1.82, 2.24) is 0 Å². The van der Waals surface area contributed by atoms with Gasteiger partial charge in [-0.05, 0) is 18.2 Å². The maximum absolute atomic E-state index is 13.0. The summed E-state index contributed by atoms with van der Waals surface area (Å²) in [5.74, 6) is 0.367. The van der Waals surface area contributed by atoms with Crippen LogP contribution in [0.3, 0.4) is 0 Å². The average Bonchev–Trinajstić information content (AvgIpc) is 2.19. The summed E-state index contributed by atoms with van der Waals surface area (Å²) >= 11 is 0. The lowest BCUT2D eigenvalue weighted by atomic mass is 10.0. The van der Waals surface area contributed by atoms with Crippen molar-refractivity contribution in [2.45, 2.75) is 6.42 Å². The van der Waals surface area contributed by atoms with E-state index in [-0.39, 0.29) is 5.82 Å². The van der Waals surface area contributed by atoms with Gasteiger partial charge in [0.15, 0.2) is 0 Å². The number of rotatable bonds is 1. The van der Waals surface area contributed by atoms with Crippen LogP contribution in [0.4, 0.5) is 4.39 Å². The minimum absolute atomic E-state index is 0.293. The molecule has 1 aliphatic rings. The topological polar surface area (TPSA) is 30.8 Å². The Bertz CT molecular complexity index is 376. The second-order valence-corrected chi connectivity index (χ2v) is 2.96. The predicted octanol–water partition coefficient (Wildman–Crippen LogP) is 1.96. The average molecular weight is 195 g/mol. The molecule has 0 unspecified atom stereocenters. The second-order valence-electron chi connectivity index (χ2n) is 2.96. The van der Waals surface area contributed by atoms with E-state index >= 15 is 0 Å². The fourth-order valence-corrected chi connectivity index (χ4v) is 1.45. The highest BCUT2D eigenvalue weighted by Crippen LogP contribution is 2.25. The molecule has 4 heteroatoms. The number of benzene rings is 1. The number of hydrogen-bond acceptors (Lipinski definition) is 3. The molecule has 0 aromatic heterocycles. The molecule has 0 saturated carbocycles. The van der Waals surface area contributed by atoms with Crippen LogP contribution in [0, 0.1) is 5.82 Å². The van der Waals surface area contributed by atoms with Gasteiger partial charge in [-0.1, -0.05) is 5.16 Å². The monoisotopic (exact) mass is 195 g/mol. The summed E-state index contributed by atoms with van der Waals surface area (Å²) in [6.45, 7) is 0.556. The number of hydrogen-bond donors (Lipinski definition) is 0. The summed E-state index contributed by atoms with van der Waals surface area (Å²) in [7, 11) is 1.47. The zero-order valence-electron chi connectivity index (χ0n) is 7.79. The standard InChI is InChI=1S/C10H10FNO2/c1-13-12-9-4-5-14-10-3-2-7(11)6-8(9)10/h2-3,6H,4-5H2,1H3/b12-9+. The lowest BCUT2D eigenvalue weighted by Gasteiger charge is -2.18. The number of halogens is 1. The minimum atomic E-state index is -0.293. The first kappa shape index (κ1) is 8.99. The molecule has 0 atom stereocenters. The highest BCUT2D eigenvalue weighted by Gasteiger charge is 2.17. The third-order valence-electron chi connectivity index (χ3n) is 2.05. The molecule has 0 bridgehead atoms. The lowest BCUT2D eigenvalue weighted by molar-refractivity contribution is 0.210. The zero-order valence-corrected chi connectivity index (χ0v) is 7.79. The Kier molecular flexibility index (Phi) is 2.35. The van der Waals surface area contributed by atoms with E-state index < -0.39 is 0 Å². The van der Waals surface area contributed by atoms with Crippen LogP contribution in [-0.4, -0.2) is 19.4 Å². The molecule has 0 N–H and O–H groups in total. The molecular weight excluding hydrogens is 185 g/mol. The fraction of sp³-hybridized carbons (Fsp3) is 0.300. The Hall–Kier alpha value is -1.58. The third-order valence-corrected chi connectivity index (χ3v) is 2.05. The molecule has 0 spiro atoms. The van der Waals surface area contributed by atoms with Crippen LogP contribution in [0.25, 0.3) is 0 Å². The van der Waals surface area contributed by atoms with Gasteiger partial charge in [0.05, 0.1) is 12.3 Å². The van der Waals surface area contributed by atoms with Crippen LogP contribution in [0.2, 0.25) is 0 Å². The molecule has 3 nitrogen and oxygen atoms in total. The number of oxime groups is 1. The summed E-state index contributed by atoms with van der Waals surface area (Å²) in [4.78, 5) is 4.69. The van der Waals surface area contributed by atoms with Crippen molar-refractivity contribution in [2.24, 2.45) is 5.16 Å². The van der Waals surface area contributed by atoms with Crippen molar-refractivity contribution in [2.75, 3.05) is 13.7 Å². The van der Waals surface area contributed by atoms with E-state index in [2.05, 4.69) is 9.99 Å². The normalized spacial score (nSPS) is 17.4. The van der Waals surface area contributed by atoms with Gasteiger partial charge in [-0.25, -0.2) is 4.39 Å². The molecule has 2 rings (SSSR count). The van der Waals surface area contributed by atoms with E-state index in [4.69, 9.17) is 4.74 Å². The van der Waals surface area contributed by atoms with E-state index in [0.717, 1.165) is 5.71 Å². The second kappa shape index (κ2) is 3.65. The van der Waals surface area contributed by atoms with Crippen LogP contribution < -0.4 is 4.74 Å². The van der Waals surface area contributed by atoms with Crippen molar-refractivity contribution in [3.05, 3.63) is 29.6 Å². The van der Waals surface area contributed by atoms with Gasteiger partial charge in [-0.2, -0.15) is 0 Å². The van der Waals surface area contributed by atoms with Gasteiger partial charge < -0.3 is 9.57 Å². The van der Waals surface area contributed by atoms with Crippen molar-refractivity contribution in [1.29, 1.82) is 0 Å². The van der Waals surface area contributed by atoms with Gasteiger partial charge in [0.25, 0.3) is 0 Å². The van der Waals surface area contributed by atoms with Gasteiger partial charge in [-0.3, -0.25) is 0 Å². The molecule has 1 heterocycles. The molecule has 0 fully saturated rings. The van der Waals surface area contributed by atoms with Crippen LogP contribution in [0.5, 0.6) is 5.75 Å². The van der Waals surface area contributed by atoms with E-state index in [1.807, 2.05) is 0 Å². The summed E-state index contributed by atoms with van der Waals surface area (Å²) < 4.78 is 18.3. The first-order valence-corrected chi connectivity index (χ1v) is 4.34. The Balaban J connectivity index is 2.47. The van der Waals surface area contributed by atoms with Crippen molar-refractivity contribution in [3.8, 4) is 5.75 Å². The summed E-state index contributed by atoms with van der Waals surface area (Å²) in [6, 6.07) is 4.38. The maximum atomic E-state index is 13.0. The molecule has 1 aliphatic heterocycles. The smallest absolute Gasteiger partial charge is 0.128 e. The van der Waals surface area contributed by atoms with Gasteiger partial charge in [0.1, 0.15) is 18.7 Å². The lowest BCUT2D eigenvalue weighted by Crippen LogP contribution is -2.16. The molecule has 0 aliphatic carbocycles. The highest BCUT2D eigenvalue weighted by atomic mass is 19.1. The Morgan fingerprint density at radius 3 is 3.14 bits per heavy atom. The highest BCUT2D eigenvalue weighted by molar-refractivity contribution is 6.03. The van der Waals surface area contributed by atoms with Crippen LogP contribution in [0.15, 0.2) is 23.4 Å². The number of fused-ring (bicyclic) bond motifs is 1. The van der Waals surface area contributed by atoms with Gasteiger partial charge >= 0.3 is 0 Å². The van der Waals surface area contributed by atoms with Gasteiger partial charge in [0, 0.05) is 12.0 Å². The third kappa shape index (κ3) is 1.55. The van der Waals surface area contributed by atoms with Crippen LogP contribution in [0.1, 0.15) is 12.0 Å². The summed E-state index contributed by atoms with van der Waals surface area (Å²) in [6.07, 6.45) is 0.643.